The second-order valence-corrected chi connectivity index (χ2v) is 7.67. The summed E-state index contributed by atoms with van der Waals surface area (Å²) < 4.78 is 18.2. The maximum Gasteiger partial charge on any atom is 0.237 e. The Morgan fingerprint density at radius 3 is 2.72 bits per heavy atom. The number of hydrogen-bond donors (Lipinski definition) is 0. The standard InChI is InChI=1S/C23H19FN8/c1-3-18-22-29-28-14(2)31(22)19-13-26-23(27-21(19)32(18)15-7-6-8-15)30-12-11-25-20(30)16-9-4-5-10-17(16)24/h4-13,18H,3H2,1-2H3/t18-/m1/s1. The van der Waals surface area contributed by atoms with Crippen molar-refractivity contribution in [3.8, 4) is 23.0 Å². The van der Waals surface area contributed by atoms with Gasteiger partial charge in [-0.2, -0.15) is 4.98 Å². The molecule has 0 fully saturated rings. The lowest BCUT2D eigenvalue weighted by Gasteiger charge is -2.38. The van der Waals surface area contributed by atoms with E-state index in [0.717, 1.165) is 35.3 Å². The molecule has 4 aromatic rings. The molecule has 6 rings (SSSR count). The Morgan fingerprint density at radius 1 is 1.12 bits per heavy atom. The number of hydrogen-bond acceptors (Lipinski definition) is 6. The molecule has 0 radical (unpaired) electrons. The molecule has 1 atom stereocenters. The van der Waals surface area contributed by atoms with Crippen LogP contribution in [0.15, 0.2) is 66.8 Å². The number of aryl methyl sites for hydroxylation is 1. The van der Waals surface area contributed by atoms with Gasteiger partial charge in [0, 0.05) is 18.1 Å². The molecule has 0 saturated carbocycles. The fourth-order valence-corrected chi connectivity index (χ4v) is 4.28. The number of nitrogens with zero attached hydrogens (tertiary/aromatic N) is 8. The Kier molecular flexibility index (Phi) is 4.04. The number of imidazole rings is 1. The van der Waals surface area contributed by atoms with E-state index < -0.39 is 0 Å². The maximum atomic E-state index is 14.5. The maximum absolute atomic E-state index is 14.5. The van der Waals surface area contributed by atoms with E-state index in [2.05, 4.69) is 44.1 Å². The molecule has 0 amide bonds. The van der Waals surface area contributed by atoms with E-state index >= 15 is 0 Å². The summed E-state index contributed by atoms with van der Waals surface area (Å²) in [4.78, 5) is 16.1. The Morgan fingerprint density at radius 2 is 1.97 bits per heavy atom. The molecule has 2 aliphatic rings. The van der Waals surface area contributed by atoms with Gasteiger partial charge in [0.1, 0.15) is 23.2 Å². The molecule has 0 unspecified atom stereocenters. The van der Waals surface area contributed by atoms with Crippen molar-refractivity contribution in [1.82, 2.24) is 34.3 Å². The van der Waals surface area contributed by atoms with E-state index in [1.165, 1.54) is 6.07 Å². The molecule has 4 heterocycles. The van der Waals surface area contributed by atoms with Gasteiger partial charge in [0.25, 0.3) is 0 Å². The van der Waals surface area contributed by atoms with E-state index in [0.29, 0.717) is 17.3 Å². The van der Waals surface area contributed by atoms with Crippen LogP contribution in [0, 0.1) is 12.7 Å². The molecule has 1 aromatic carbocycles. The first-order chi connectivity index (χ1) is 15.7. The third-order valence-corrected chi connectivity index (χ3v) is 5.84. The molecule has 0 bridgehead atoms. The van der Waals surface area contributed by atoms with E-state index in [1.807, 2.05) is 17.6 Å². The number of fused-ring (bicyclic) bond motifs is 3. The SMILES string of the molecule is CC[C@@H]1c2nnc(C)n2-c2cnc(-n3ccnc3-c3ccccc3F)nc2N1C1=CC=C1. The van der Waals surface area contributed by atoms with Gasteiger partial charge in [0.05, 0.1) is 17.8 Å². The zero-order valence-electron chi connectivity index (χ0n) is 17.5. The van der Waals surface area contributed by atoms with Gasteiger partial charge in [0.2, 0.25) is 5.95 Å². The minimum Gasteiger partial charge on any atom is -0.314 e. The van der Waals surface area contributed by atoms with Crippen molar-refractivity contribution in [3.63, 3.8) is 0 Å². The second-order valence-electron chi connectivity index (χ2n) is 7.67. The highest BCUT2D eigenvalue weighted by atomic mass is 19.1. The van der Waals surface area contributed by atoms with Gasteiger partial charge in [-0.3, -0.25) is 9.13 Å². The number of benzene rings is 1. The van der Waals surface area contributed by atoms with Crippen LogP contribution in [0.1, 0.15) is 31.0 Å². The zero-order chi connectivity index (χ0) is 21.8. The molecular weight excluding hydrogens is 407 g/mol. The Bertz CT molecular complexity index is 1410. The molecule has 32 heavy (non-hydrogen) atoms. The van der Waals surface area contributed by atoms with E-state index in [-0.39, 0.29) is 11.9 Å². The van der Waals surface area contributed by atoms with E-state index in [1.54, 1.807) is 41.4 Å². The average molecular weight is 426 g/mol. The smallest absolute Gasteiger partial charge is 0.237 e. The summed E-state index contributed by atoms with van der Waals surface area (Å²) in [5.74, 6) is 2.91. The van der Waals surface area contributed by atoms with Crippen molar-refractivity contribution < 1.29 is 4.39 Å². The van der Waals surface area contributed by atoms with Crippen LogP contribution in [-0.4, -0.2) is 34.3 Å². The highest BCUT2D eigenvalue weighted by molar-refractivity contribution is 5.69. The van der Waals surface area contributed by atoms with Crippen molar-refractivity contribution in [2.75, 3.05) is 4.90 Å². The first-order valence-corrected chi connectivity index (χ1v) is 10.4. The minimum absolute atomic E-state index is 0.0172. The number of rotatable bonds is 4. The van der Waals surface area contributed by atoms with Crippen molar-refractivity contribution in [2.24, 2.45) is 0 Å². The number of aromatic nitrogens is 7. The summed E-state index contributed by atoms with van der Waals surface area (Å²) in [5.41, 5.74) is 2.25. The van der Waals surface area contributed by atoms with Crippen molar-refractivity contribution in [2.45, 2.75) is 26.3 Å². The zero-order valence-corrected chi connectivity index (χ0v) is 17.5. The molecule has 158 valence electrons. The van der Waals surface area contributed by atoms with Gasteiger partial charge >= 0.3 is 0 Å². The van der Waals surface area contributed by atoms with Crippen LogP contribution < -0.4 is 4.90 Å². The molecule has 1 aliphatic heterocycles. The third kappa shape index (κ3) is 2.57. The summed E-state index contributed by atoms with van der Waals surface area (Å²) >= 11 is 0. The molecular formula is C23H19FN8. The Balaban J connectivity index is 1.55. The summed E-state index contributed by atoms with van der Waals surface area (Å²) in [6, 6.07) is 6.54. The Hall–Kier alpha value is -4.14. The van der Waals surface area contributed by atoms with Crippen molar-refractivity contribution >= 4 is 5.82 Å². The fraction of sp³-hybridized carbons (Fsp3) is 0.174. The monoisotopic (exact) mass is 426 g/mol. The van der Waals surface area contributed by atoms with Crippen LogP contribution in [0.3, 0.4) is 0 Å². The summed E-state index contributed by atoms with van der Waals surface area (Å²) in [6.07, 6.45) is 12.1. The lowest BCUT2D eigenvalue weighted by molar-refractivity contribution is 0.572. The summed E-state index contributed by atoms with van der Waals surface area (Å²) in [7, 11) is 0. The summed E-state index contributed by atoms with van der Waals surface area (Å²) in [5, 5.41) is 8.75. The van der Waals surface area contributed by atoms with Crippen LogP contribution in [-0.2, 0) is 0 Å². The van der Waals surface area contributed by atoms with E-state index in [9.17, 15) is 4.39 Å². The molecule has 0 saturated heterocycles. The first kappa shape index (κ1) is 18.6. The van der Waals surface area contributed by atoms with Gasteiger partial charge in [-0.25, -0.2) is 14.4 Å². The first-order valence-electron chi connectivity index (χ1n) is 10.4. The largest absolute Gasteiger partial charge is 0.314 e. The van der Waals surface area contributed by atoms with Crippen LogP contribution in [0.4, 0.5) is 10.2 Å². The minimum atomic E-state index is -0.347. The van der Waals surface area contributed by atoms with Crippen LogP contribution in [0.2, 0.25) is 0 Å². The van der Waals surface area contributed by atoms with Gasteiger partial charge in [-0.15, -0.1) is 10.2 Å². The van der Waals surface area contributed by atoms with Crippen molar-refractivity contribution in [3.05, 3.63) is 84.2 Å². The quantitative estimate of drug-likeness (QED) is 0.489. The normalized spacial score (nSPS) is 16.4. The molecule has 0 N–H and O–H groups in total. The number of halogens is 1. The number of allylic oxidation sites excluding steroid dienone is 3. The lowest BCUT2D eigenvalue weighted by Crippen LogP contribution is -2.36. The van der Waals surface area contributed by atoms with Gasteiger partial charge < -0.3 is 4.90 Å². The highest BCUT2D eigenvalue weighted by Crippen LogP contribution is 2.42. The Labute approximate surface area is 183 Å². The molecule has 8 nitrogen and oxygen atoms in total. The van der Waals surface area contributed by atoms with E-state index in [4.69, 9.17) is 4.98 Å². The summed E-state index contributed by atoms with van der Waals surface area (Å²) in [6.45, 7) is 4.04. The fourth-order valence-electron chi connectivity index (χ4n) is 4.28. The van der Waals surface area contributed by atoms with Crippen LogP contribution in [0.5, 0.6) is 0 Å². The lowest BCUT2D eigenvalue weighted by atomic mass is 10.0. The molecule has 0 spiro atoms. The molecule has 3 aromatic heterocycles. The average Bonchev–Trinajstić information content (AvgIpc) is 3.40. The number of anilines is 1. The topological polar surface area (TPSA) is 77.5 Å². The third-order valence-electron chi connectivity index (χ3n) is 5.84. The highest BCUT2D eigenvalue weighted by Gasteiger charge is 2.37. The van der Waals surface area contributed by atoms with Gasteiger partial charge in [-0.1, -0.05) is 25.1 Å². The second kappa shape index (κ2) is 6.94. The van der Waals surface area contributed by atoms with Crippen LogP contribution in [0.25, 0.3) is 23.0 Å². The predicted octanol–water partition coefficient (Wildman–Crippen LogP) is 4.08. The van der Waals surface area contributed by atoms with Gasteiger partial charge in [0.15, 0.2) is 11.6 Å². The molecule has 9 heteroatoms. The predicted molar refractivity (Wildman–Crippen MR) is 117 cm³/mol. The van der Waals surface area contributed by atoms with Gasteiger partial charge in [-0.05, 0) is 37.6 Å². The van der Waals surface area contributed by atoms with Crippen molar-refractivity contribution in [1.29, 1.82) is 0 Å². The van der Waals surface area contributed by atoms with Crippen LogP contribution >= 0.6 is 0 Å². The molecule has 1 aliphatic carbocycles.